The molecule has 3 atom stereocenters. The van der Waals surface area contributed by atoms with Gasteiger partial charge in [-0.25, -0.2) is 4.57 Å². The van der Waals surface area contributed by atoms with E-state index in [-0.39, 0.29) is 25.6 Å². The summed E-state index contributed by atoms with van der Waals surface area (Å²) >= 11 is 0. The lowest BCUT2D eigenvalue weighted by Gasteiger charge is -2.20. The molecule has 0 aromatic rings. The summed E-state index contributed by atoms with van der Waals surface area (Å²) in [5.74, 6) is -0.384. The van der Waals surface area contributed by atoms with E-state index >= 15 is 0 Å². The molecule has 0 radical (unpaired) electrons. The van der Waals surface area contributed by atoms with Gasteiger partial charge in [0.25, 0.3) is 0 Å². The van der Waals surface area contributed by atoms with Gasteiger partial charge in [-0.1, -0.05) is 192 Å². The van der Waals surface area contributed by atoms with E-state index in [4.69, 9.17) is 23.6 Å². The van der Waals surface area contributed by atoms with Gasteiger partial charge in [-0.05, 0) is 64.2 Å². The standard InChI is InChI=1S/C49H95O9P/c1-3-5-7-9-11-13-15-17-19-21-23-24-26-28-30-32-34-36-38-40-42-55-45-48(46-57-59(53,54)56-44-47(51)43-50)58-49(52)41-39-37-35-33-31-29-27-25-22-20-18-16-14-12-10-8-6-4-2/h17,19-20,22,47-48,50-51H,3-16,18,21,23-46H2,1-2H3,(H,53,54)/b19-17-,22-20-. The first-order valence-corrected chi connectivity index (χ1v) is 26.3. The molecule has 0 rings (SSSR count). The van der Waals surface area contributed by atoms with E-state index < -0.39 is 33.2 Å². The minimum atomic E-state index is -4.52. The van der Waals surface area contributed by atoms with Crippen molar-refractivity contribution >= 4 is 13.8 Å². The average molecular weight is 859 g/mol. The molecular weight excluding hydrogens is 764 g/mol. The molecule has 0 aliphatic heterocycles. The maximum absolute atomic E-state index is 12.7. The van der Waals surface area contributed by atoms with Crippen molar-refractivity contribution in [2.75, 3.05) is 33.0 Å². The predicted molar refractivity (Wildman–Crippen MR) is 247 cm³/mol. The molecule has 0 bridgehead atoms. The molecule has 0 amide bonds. The van der Waals surface area contributed by atoms with Gasteiger partial charge in [0.05, 0.1) is 26.4 Å². The summed E-state index contributed by atoms with van der Waals surface area (Å²) in [4.78, 5) is 22.7. The van der Waals surface area contributed by atoms with Crippen molar-refractivity contribution in [3.63, 3.8) is 0 Å². The van der Waals surface area contributed by atoms with E-state index in [2.05, 4.69) is 38.2 Å². The molecule has 0 heterocycles. The zero-order valence-corrected chi connectivity index (χ0v) is 39.4. The van der Waals surface area contributed by atoms with Crippen LogP contribution in [0.3, 0.4) is 0 Å². The highest BCUT2D eigenvalue weighted by Crippen LogP contribution is 2.43. The van der Waals surface area contributed by atoms with E-state index in [1.165, 1.54) is 167 Å². The molecule has 9 nitrogen and oxygen atoms in total. The lowest BCUT2D eigenvalue weighted by Crippen LogP contribution is -2.29. The van der Waals surface area contributed by atoms with E-state index in [1.54, 1.807) is 0 Å². The molecule has 3 N–H and O–H groups in total. The number of phosphoric ester groups is 1. The van der Waals surface area contributed by atoms with Crippen molar-refractivity contribution in [3.8, 4) is 0 Å². The molecule has 3 unspecified atom stereocenters. The highest BCUT2D eigenvalue weighted by molar-refractivity contribution is 7.47. The first-order valence-electron chi connectivity index (χ1n) is 24.8. The maximum Gasteiger partial charge on any atom is 0.472 e. The Hall–Kier alpha value is -1.06. The smallest absolute Gasteiger partial charge is 0.457 e. The third kappa shape index (κ3) is 46.3. The number of esters is 1. The van der Waals surface area contributed by atoms with Crippen LogP contribution in [0.4, 0.5) is 0 Å². The van der Waals surface area contributed by atoms with Crippen LogP contribution in [-0.4, -0.2) is 66.3 Å². The first-order chi connectivity index (χ1) is 28.8. The second-order valence-electron chi connectivity index (χ2n) is 16.8. The van der Waals surface area contributed by atoms with Gasteiger partial charge >= 0.3 is 13.8 Å². The number of carbonyl (C=O) groups excluding carboxylic acids is 1. The molecule has 0 aromatic carbocycles. The topological polar surface area (TPSA) is 132 Å². The Bertz CT molecular complexity index is 975. The van der Waals surface area contributed by atoms with Gasteiger partial charge in [0.1, 0.15) is 12.2 Å². The van der Waals surface area contributed by atoms with Gasteiger partial charge < -0.3 is 24.6 Å². The van der Waals surface area contributed by atoms with Crippen LogP contribution in [0.15, 0.2) is 24.3 Å². The Morgan fingerprint density at radius 3 is 1.27 bits per heavy atom. The fraction of sp³-hybridized carbons (Fsp3) is 0.898. The summed E-state index contributed by atoms with van der Waals surface area (Å²) in [5.41, 5.74) is 0. The van der Waals surface area contributed by atoms with E-state index in [0.29, 0.717) is 6.61 Å². The van der Waals surface area contributed by atoms with E-state index in [1.807, 2.05) is 0 Å². The molecule has 0 aliphatic rings. The number of hydrogen-bond donors (Lipinski definition) is 3. The van der Waals surface area contributed by atoms with Gasteiger partial charge in [0, 0.05) is 13.0 Å². The Kier molecular flexibility index (Phi) is 45.6. The monoisotopic (exact) mass is 859 g/mol. The summed E-state index contributed by atoms with van der Waals surface area (Å²) in [6.45, 7) is 3.55. The van der Waals surface area contributed by atoms with Crippen LogP contribution >= 0.6 is 7.82 Å². The third-order valence-corrected chi connectivity index (χ3v) is 11.8. The Morgan fingerprint density at radius 1 is 0.508 bits per heavy atom. The van der Waals surface area contributed by atoms with Crippen LogP contribution in [-0.2, 0) is 27.9 Å². The minimum absolute atomic E-state index is 0.0498. The van der Waals surface area contributed by atoms with Crippen molar-refractivity contribution in [1.82, 2.24) is 0 Å². The maximum atomic E-state index is 12.7. The molecule has 0 saturated heterocycles. The summed E-state index contributed by atoms with van der Waals surface area (Å²) < 4.78 is 33.5. The highest BCUT2D eigenvalue weighted by Gasteiger charge is 2.26. The average Bonchev–Trinajstić information content (AvgIpc) is 3.23. The second kappa shape index (κ2) is 46.4. The van der Waals surface area contributed by atoms with Crippen LogP contribution in [0.25, 0.3) is 0 Å². The zero-order valence-electron chi connectivity index (χ0n) is 38.5. The molecule has 10 heteroatoms. The minimum Gasteiger partial charge on any atom is -0.457 e. The molecule has 0 fully saturated rings. The van der Waals surface area contributed by atoms with Crippen LogP contribution in [0.1, 0.15) is 239 Å². The number of aliphatic hydroxyl groups is 2. The quantitative estimate of drug-likeness (QED) is 0.0237. The van der Waals surface area contributed by atoms with Gasteiger partial charge in [0.2, 0.25) is 0 Å². The van der Waals surface area contributed by atoms with Crippen molar-refractivity contribution in [3.05, 3.63) is 24.3 Å². The van der Waals surface area contributed by atoms with Crippen LogP contribution in [0, 0.1) is 0 Å². The Labute approximate surface area is 363 Å². The molecule has 0 aliphatic carbocycles. The predicted octanol–water partition coefficient (Wildman–Crippen LogP) is 14.2. The molecule has 0 saturated carbocycles. The number of carbonyl (C=O) groups is 1. The van der Waals surface area contributed by atoms with Gasteiger partial charge in [-0.3, -0.25) is 13.8 Å². The highest BCUT2D eigenvalue weighted by atomic mass is 31.2. The SMILES string of the molecule is CCCCCCCC/C=C\CCCCCCCCCCCCOCC(COP(=O)(O)OCC(O)CO)OC(=O)CCCCCCCCC/C=C\CCCCCCCCC. The summed E-state index contributed by atoms with van der Waals surface area (Å²) in [6.07, 6.45) is 49.9. The van der Waals surface area contributed by atoms with E-state index in [9.17, 15) is 19.4 Å². The van der Waals surface area contributed by atoms with Crippen molar-refractivity contribution in [2.45, 2.75) is 251 Å². The number of hydrogen-bond acceptors (Lipinski definition) is 8. The summed E-state index contributed by atoms with van der Waals surface area (Å²) in [6, 6.07) is 0. The third-order valence-electron chi connectivity index (χ3n) is 10.9. The number of unbranched alkanes of at least 4 members (excludes halogenated alkanes) is 30. The number of phosphoric acid groups is 1. The van der Waals surface area contributed by atoms with Gasteiger partial charge in [-0.15, -0.1) is 0 Å². The lowest BCUT2D eigenvalue weighted by atomic mass is 10.1. The zero-order chi connectivity index (χ0) is 43.2. The van der Waals surface area contributed by atoms with Crippen LogP contribution < -0.4 is 0 Å². The number of rotatable bonds is 48. The first kappa shape index (κ1) is 57.9. The Balaban J connectivity index is 4.08. The normalized spacial score (nSPS) is 14.1. The largest absolute Gasteiger partial charge is 0.472 e. The number of aliphatic hydroxyl groups excluding tert-OH is 2. The Morgan fingerprint density at radius 2 is 0.864 bits per heavy atom. The van der Waals surface area contributed by atoms with Crippen molar-refractivity contribution < 1.29 is 43.0 Å². The molecular formula is C49H95O9P. The second-order valence-corrected chi connectivity index (χ2v) is 18.3. The number of allylic oxidation sites excluding steroid dienone is 4. The fourth-order valence-corrected chi connectivity index (χ4v) is 7.84. The van der Waals surface area contributed by atoms with Crippen molar-refractivity contribution in [2.24, 2.45) is 0 Å². The lowest BCUT2D eigenvalue weighted by molar-refractivity contribution is -0.154. The summed E-state index contributed by atoms with van der Waals surface area (Å²) in [5, 5.41) is 18.4. The number of ether oxygens (including phenoxy) is 2. The van der Waals surface area contributed by atoms with Crippen molar-refractivity contribution in [1.29, 1.82) is 0 Å². The van der Waals surface area contributed by atoms with E-state index in [0.717, 1.165) is 51.4 Å². The summed E-state index contributed by atoms with van der Waals surface area (Å²) in [7, 11) is -4.52. The van der Waals surface area contributed by atoms with Crippen LogP contribution in [0.5, 0.6) is 0 Å². The van der Waals surface area contributed by atoms with Crippen LogP contribution in [0.2, 0.25) is 0 Å². The molecule has 59 heavy (non-hydrogen) atoms. The van der Waals surface area contributed by atoms with Gasteiger partial charge in [-0.2, -0.15) is 0 Å². The molecule has 350 valence electrons. The fourth-order valence-electron chi connectivity index (χ4n) is 7.05. The molecule has 0 spiro atoms. The van der Waals surface area contributed by atoms with Gasteiger partial charge in [0.15, 0.2) is 0 Å². The molecule has 0 aromatic heterocycles.